The minimum atomic E-state index is 0.811. The van der Waals surface area contributed by atoms with Gasteiger partial charge in [0.25, 0.3) is 0 Å². The molecule has 1 aromatic heterocycles. The van der Waals surface area contributed by atoms with E-state index in [0.29, 0.717) is 0 Å². The Balaban J connectivity index is 1.91. The van der Waals surface area contributed by atoms with Crippen LogP contribution in [0.1, 0.15) is 16.7 Å². The van der Waals surface area contributed by atoms with Crippen LogP contribution in [-0.4, -0.2) is 14.2 Å². The molecule has 0 unspecified atom stereocenters. The van der Waals surface area contributed by atoms with E-state index in [9.17, 15) is 0 Å². The molecule has 4 aromatic rings. The standard InChI is InChI=1S/C28H27O3/c1-18-14-19(2)28(20(3)15-18)23-16-26(21-6-10-24(29-4)11-7-21)31-27(17-23)22-8-12-25(30-5)13-9-22/h6-17H,1-5H3/q+1. The Morgan fingerprint density at radius 1 is 0.548 bits per heavy atom. The molecule has 0 fully saturated rings. The zero-order valence-corrected chi connectivity index (χ0v) is 18.7. The molecule has 0 aliphatic heterocycles. The average Bonchev–Trinajstić information content (AvgIpc) is 2.78. The van der Waals surface area contributed by atoms with Crippen molar-refractivity contribution >= 4 is 0 Å². The van der Waals surface area contributed by atoms with Crippen molar-refractivity contribution in [2.45, 2.75) is 20.8 Å². The van der Waals surface area contributed by atoms with Gasteiger partial charge < -0.3 is 9.47 Å². The molecule has 156 valence electrons. The summed E-state index contributed by atoms with van der Waals surface area (Å²) in [5.74, 6) is 3.26. The molecule has 3 heteroatoms. The van der Waals surface area contributed by atoms with Crippen molar-refractivity contribution in [3.63, 3.8) is 0 Å². The minimum Gasteiger partial charge on any atom is -0.497 e. The molecular formula is C28H27O3+. The van der Waals surface area contributed by atoms with E-state index >= 15 is 0 Å². The van der Waals surface area contributed by atoms with Crippen molar-refractivity contribution < 1.29 is 13.9 Å². The molecule has 0 saturated carbocycles. The number of hydrogen-bond acceptors (Lipinski definition) is 2. The second-order valence-corrected chi connectivity index (χ2v) is 7.81. The van der Waals surface area contributed by atoms with Crippen molar-refractivity contribution in [3.05, 3.63) is 89.5 Å². The lowest BCUT2D eigenvalue weighted by molar-refractivity contribution is 0.415. The molecule has 31 heavy (non-hydrogen) atoms. The summed E-state index contributed by atoms with van der Waals surface area (Å²) in [6, 6.07) is 24.6. The number of hydrogen-bond donors (Lipinski definition) is 0. The van der Waals surface area contributed by atoms with E-state index in [1.165, 1.54) is 22.3 Å². The number of aryl methyl sites for hydroxylation is 3. The monoisotopic (exact) mass is 411 g/mol. The van der Waals surface area contributed by atoms with E-state index in [1.807, 2.05) is 48.5 Å². The summed E-state index contributed by atoms with van der Waals surface area (Å²) in [6.45, 7) is 6.47. The van der Waals surface area contributed by atoms with E-state index < -0.39 is 0 Å². The molecule has 0 N–H and O–H groups in total. The summed E-state index contributed by atoms with van der Waals surface area (Å²) in [5.41, 5.74) is 8.16. The van der Waals surface area contributed by atoms with Gasteiger partial charge >= 0.3 is 11.5 Å². The number of rotatable bonds is 5. The van der Waals surface area contributed by atoms with Crippen LogP contribution in [0, 0.1) is 20.8 Å². The first-order valence-corrected chi connectivity index (χ1v) is 10.3. The maximum absolute atomic E-state index is 6.38. The third kappa shape index (κ3) is 4.31. The summed E-state index contributed by atoms with van der Waals surface area (Å²) in [7, 11) is 3.34. The molecule has 3 nitrogen and oxygen atoms in total. The van der Waals surface area contributed by atoms with Crippen LogP contribution < -0.4 is 9.47 Å². The molecule has 0 saturated heterocycles. The highest BCUT2D eigenvalue weighted by Crippen LogP contribution is 2.36. The molecule has 0 atom stereocenters. The lowest BCUT2D eigenvalue weighted by Gasteiger charge is -2.11. The molecule has 0 bridgehead atoms. The fraction of sp³-hybridized carbons (Fsp3) is 0.179. The van der Waals surface area contributed by atoms with E-state index in [4.69, 9.17) is 13.9 Å². The summed E-state index contributed by atoms with van der Waals surface area (Å²) in [4.78, 5) is 0. The van der Waals surface area contributed by atoms with E-state index in [-0.39, 0.29) is 0 Å². The first-order valence-electron chi connectivity index (χ1n) is 10.3. The highest BCUT2D eigenvalue weighted by molar-refractivity contribution is 5.78. The van der Waals surface area contributed by atoms with Crippen LogP contribution in [0.2, 0.25) is 0 Å². The first kappa shape index (κ1) is 20.7. The lowest BCUT2D eigenvalue weighted by atomic mass is 9.93. The molecule has 0 spiro atoms. The SMILES string of the molecule is COc1ccc(-c2cc(-c3c(C)cc(C)cc3C)cc(-c3ccc(OC)cc3)[o+]2)cc1. The Morgan fingerprint density at radius 2 is 0.968 bits per heavy atom. The van der Waals surface area contributed by atoms with Gasteiger partial charge in [-0.1, -0.05) is 17.7 Å². The maximum Gasteiger partial charge on any atom is 0.361 e. The Morgan fingerprint density at radius 3 is 1.35 bits per heavy atom. The number of methoxy groups -OCH3 is 2. The quantitative estimate of drug-likeness (QED) is 0.318. The van der Waals surface area contributed by atoms with Crippen molar-refractivity contribution in [1.29, 1.82) is 0 Å². The van der Waals surface area contributed by atoms with Crippen LogP contribution in [0.4, 0.5) is 0 Å². The van der Waals surface area contributed by atoms with Gasteiger partial charge in [0.1, 0.15) is 11.5 Å². The zero-order valence-electron chi connectivity index (χ0n) is 18.7. The highest BCUT2D eigenvalue weighted by atomic mass is 16.5. The maximum atomic E-state index is 6.38. The van der Waals surface area contributed by atoms with Gasteiger partial charge in [0.2, 0.25) is 0 Å². The van der Waals surface area contributed by atoms with Gasteiger partial charge in [-0.25, -0.2) is 4.42 Å². The predicted octanol–water partition coefficient (Wildman–Crippen LogP) is 7.50. The van der Waals surface area contributed by atoms with E-state index in [0.717, 1.165) is 39.7 Å². The van der Waals surface area contributed by atoms with E-state index in [1.54, 1.807) is 14.2 Å². The third-order valence-electron chi connectivity index (χ3n) is 5.51. The van der Waals surface area contributed by atoms with Gasteiger partial charge in [0.05, 0.1) is 37.5 Å². The van der Waals surface area contributed by atoms with Crippen LogP contribution >= 0.6 is 0 Å². The van der Waals surface area contributed by atoms with Gasteiger partial charge in [0, 0.05) is 5.56 Å². The summed E-state index contributed by atoms with van der Waals surface area (Å²) in [5, 5.41) is 0. The smallest absolute Gasteiger partial charge is 0.361 e. The Hall–Kier alpha value is -3.59. The molecule has 0 aliphatic rings. The summed E-state index contributed by atoms with van der Waals surface area (Å²) in [6.07, 6.45) is 0. The topological polar surface area (TPSA) is 29.8 Å². The van der Waals surface area contributed by atoms with Crippen LogP contribution in [0.15, 0.2) is 77.2 Å². The second-order valence-electron chi connectivity index (χ2n) is 7.81. The fourth-order valence-electron chi connectivity index (χ4n) is 4.08. The van der Waals surface area contributed by atoms with Gasteiger partial charge in [0.15, 0.2) is 0 Å². The Bertz CT molecular complexity index is 1120. The van der Waals surface area contributed by atoms with Gasteiger partial charge in [-0.15, -0.1) is 0 Å². The average molecular weight is 412 g/mol. The normalized spacial score (nSPS) is 10.7. The van der Waals surface area contributed by atoms with Crippen LogP contribution in [0.5, 0.6) is 11.5 Å². The molecule has 4 rings (SSSR count). The molecule has 0 aliphatic carbocycles. The lowest BCUT2D eigenvalue weighted by Crippen LogP contribution is -1.92. The van der Waals surface area contributed by atoms with Gasteiger partial charge in [-0.3, -0.25) is 0 Å². The molecule has 3 aromatic carbocycles. The fourth-order valence-corrected chi connectivity index (χ4v) is 4.08. The van der Waals surface area contributed by atoms with Crippen molar-refractivity contribution in [1.82, 2.24) is 0 Å². The van der Waals surface area contributed by atoms with E-state index in [2.05, 4.69) is 45.0 Å². The zero-order chi connectivity index (χ0) is 22.0. The highest BCUT2D eigenvalue weighted by Gasteiger charge is 2.22. The van der Waals surface area contributed by atoms with Crippen LogP contribution in [0.3, 0.4) is 0 Å². The largest absolute Gasteiger partial charge is 0.497 e. The van der Waals surface area contributed by atoms with Crippen LogP contribution in [0.25, 0.3) is 33.8 Å². The van der Waals surface area contributed by atoms with Crippen molar-refractivity contribution in [2.75, 3.05) is 14.2 Å². The Labute approximate surface area is 183 Å². The van der Waals surface area contributed by atoms with Gasteiger partial charge in [-0.2, -0.15) is 0 Å². The Kier molecular flexibility index (Phi) is 5.77. The van der Waals surface area contributed by atoms with Crippen molar-refractivity contribution in [2.24, 2.45) is 0 Å². The summed E-state index contributed by atoms with van der Waals surface area (Å²) >= 11 is 0. The minimum absolute atomic E-state index is 0.811. The summed E-state index contributed by atoms with van der Waals surface area (Å²) < 4.78 is 17.0. The van der Waals surface area contributed by atoms with Crippen LogP contribution in [-0.2, 0) is 0 Å². The predicted molar refractivity (Wildman–Crippen MR) is 127 cm³/mol. The number of ether oxygens (including phenoxy) is 2. The van der Waals surface area contributed by atoms with Gasteiger partial charge in [-0.05, 0) is 86.0 Å². The third-order valence-corrected chi connectivity index (χ3v) is 5.51. The number of benzene rings is 3. The molecule has 1 heterocycles. The first-order chi connectivity index (χ1) is 15.0. The molecule has 0 amide bonds. The second kappa shape index (κ2) is 8.65. The molecular weight excluding hydrogens is 384 g/mol. The molecule has 0 radical (unpaired) electrons. The van der Waals surface area contributed by atoms with Crippen molar-refractivity contribution in [3.8, 4) is 45.3 Å².